The van der Waals surface area contributed by atoms with Gasteiger partial charge in [-0.1, -0.05) is 42.5 Å². The van der Waals surface area contributed by atoms with E-state index in [1.165, 1.54) is 6.08 Å². The summed E-state index contributed by atoms with van der Waals surface area (Å²) in [5.41, 5.74) is 2.87. The van der Waals surface area contributed by atoms with Gasteiger partial charge in [0.05, 0.1) is 24.5 Å². The third kappa shape index (κ3) is 4.92. The minimum Gasteiger partial charge on any atom is -0.492 e. The lowest BCUT2D eigenvalue weighted by molar-refractivity contribution is -0.149. The Hall–Kier alpha value is -3.77. The predicted octanol–water partition coefficient (Wildman–Crippen LogP) is 5.21. The van der Waals surface area contributed by atoms with Crippen LogP contribution in [-0.2, 0) is 16.0 Å². The first-order valence-corrected chi connectivity index (χ1v) is 10.5. The second-order valence-corrected chi connectivity index (χ2v) is 7.33. The van der Waals surface area contributed by atoms with Crippen LogP contribution in [0.4, 0.5) is 11.4 Å². The third-order valence-corrected chi connectivity index (χ3v) is 5.15. The van der Waals surface area contributed by atoms with E-state index < -0.39 is 12.1 Å². The van der Waals surface area contributed by atoms with Gasteiger partial charge >= 0.3 is 5.97 Å². The quantitative estimate of drug-likeness (QED) is 0.445. The average molecular weight is 431 g/mol. The molecule has 1 aliphatic heterocycles. The van der Waals surface area contributed by atoms with Crippen LogP contribution in [0.3, 0.4) is 0 Å². The topological polar surface area (TPSA) is 68.2 Å². The smallest absolute Gasteiger partial charge is 0.333 e. The number of aliphatic carboxylic acids is 1. The zero-order valence-electron chi connectivity index (χ0n) is 17.6. The van der Waals surface area contributed by atoms with Gasteiger partial charge in [-0.25, -0.2) is 4.79 Å². The Balaban J connectivity index is 1.38. The number of rotatable bonds is 10. The highest BCUT2D eigenvalue weighted by molar-refractivity contribution is 5.77. The van der Waals surface area contributed by atoms with Crippen molar-refractivity contribution in [2.75, 3.05) is 24.7 Å². The highest BCUT2D eigenvalue weighted by Crippen LogP contribution is 2.45. The lowest BCUT2D eigenvalue weighted by Crippen LogP contribution is -2.26. The molecule has 1 atom stereocenters. The van der Waals surface area contributed by atoms with Crippen LogP contribution >= 0.6 is 0 Å². The van der Waals surface area contributed by atoms with E-state index in [2.05, 4.69) is 11.5 Å². The van der Waals surface area contributed by atoms with E-state index in [0.29, 0.717) is 13.2 Å². The van der Waals surface area contributed by atoms with E-state index in [1.807, 2.05) is 72.8 Å². The maximum absolute atomic E-state index is 11.3. The molecule has 3 aromatic rings. The molecular weight excluding hydrogens is 406 g/mol. The van der Waals surface area contributed by atoms with Crippen molar-refractivity contribution >= 4 is 17.3 Å². The van der Waals surface area contributed by atoms with Gasteiger partial charge in [0.25, 0.3) is 0 Å². The van der Waals surface area contributed by atoms with Crippen LogP contribution in [0.1, 0.15) is 5.56 Å². The van der Waals surface area contributed by atoms with Crippen LogP contribution < -0.4 is 14.4 Å². The second kappa shape index (κ2) is 10.0. The summed E-state index contributed by atoms with van der Waals surface area (Å²) in [5.74, 6) is 1.38. The van der Waals surface area contributed by atoms with Gasteiger partial charge in [-0.05, 0) is 42.0 Å². The van der Waals surface area contributed by atoms with Gasteiger partial charge in [-0.15, -0.1) is 6.58 Å². The molecule has 0 bridgehead atoms. The lowest BCUT2D eigenvalue weighted by Gasteiger charge is -2.32. The molecule has 0 radical (unpaired) electrons. The number of benzene rings is 3. The normalized spacial score (nSPS) is 12.8. The number of carboxylic acids is 1. The number of anilines is 2. The first-order valence-electron chi connectivity index (χ1n) is 10.5. The summed E-state index contributed by atoms with van der Waals surface area (Å²) in [6.07, 6.45) is 0.921. The Bertz CT molecular complexity index is 1030. The van der Waals surface area contributed by atoms with Crippen molar-refractivity contribution in [2.45, 2.75) is 12.5 Å². The standard InChI is InChI=1S/C26H25NO5/c1-2-16-31-25(26(28)29)18-19-11-13-20(14-12-19)30-17-15-27-21-7-3-5-9-23(21)32-24-10-6-4-8-22(24)27/h2-14,25H,1,15-18H2,(H,28,29). The summed E-state index contributed by atoms with van der Waals surface area (Å²) in [7, 11) is 0. The van der Waals surface area contributed by atoms with Gasteiger partial charge in [0, 0.05) is 6.42 Å². The first-order chi connectivity index (χ1) is 15.7. The maximum atomic E-state index is 11.3. The van der Waals surface area contributed by atoms with Crippen LogP contribution in [-0.4, -0.2) is 36.9 Å². The van der Waals surface area contributed by atoms with Crippen molar-refractivity contribution in [3.05, 3.63) is 91.0 Å². The molecule has 0 amide bonds. The van der Waals surface area contributed by atoms with E-state index in [0.717, 1.165) is 34.2 Å². The number of hydrogen-bond acceptors (Lipinski definition) is 5. The largest absolute Gasteiger partial charge is 0.492 e. The fraction of sp³-hybridized carbons (Fsp3) is 0.192. The fourth-order valence-corrected chi connectivity index (χ4v) is 3.61. The van der Waals surface area contributed by atoms with Gasteiger partial charge in [-0.2, -0.15) is 0 Å². The van der Waals surface area contributed by atoms with Crippen LogP contribution in [0.2, 0.25) is 0 Å². The van der Waals surface area contributed by atoms with Crippen LogP contribution in [0.15, 0.2) is 85.5 Å². The molecule has 6 heteroatoms. The molecule has 0 saturated carbocycles. The monoisotopic (exact) mass is 431 g/mol. The van der Waals surface area contributed by atoms with Gasteiger partial charge in [0.1, 0.15) is 12.4 Å². The van der Waals surface area contributed by atoms with Crippen molar-refractivity contribution in [1.29, 1.82) is 0 Å². The Labute approximate surface area is 187 Å². The molecule has 0 spiro atoms. The zero-order valence-corrected chi connectivity index (χ0v) is 17.6. The van der Waals surface area contributed by atoms with Crippen molar-refractivity contribution in [3.63, 3.8) is 0 Å². The third-order valence-electron chi connectivity index (χ3n) is 5.15. The Morgan fingerprint density at radius 3 is 2.22 bits per heavy atom. The van der Waals surface area contributed by atoms with Gasteiger partial charge in [-0.3, -0.25) is 0 Å². The summed E-state index contributed by atoms with van der Waals surface area (Å²) in [5, 5.41) is 9.30. The molecule has 6 nitrogen and oxygen atoms in total. The van der Waals surface area contributed by atoms with E-state index in [-0.39, 0.29) is 13.0 Å². The summed E-state index contributed by atoms with van der Waals surface area (Å²) < 4.78 is 17.3. The molecular formula is C26H25NO5. The van der Waals surface area contributed by atoms with E-state index in [1.54, 1.807) is 0 Å². The van der Waals surface area contributed by atoms with Gasteiger partial charge in [0.15, 0.2) is 17.6 Å². The number of carbonyl (C=O) groups is 1. The Morgan fingerprint density at radius 2 is 1.62 bits per heavy atom. The summed E-state index contributed by atoms with van der Waals surface area (Å²) in [6, 6.07) is 23.3. The van der Waals surface area contributed by atoms with Gasteiger partial charge < -0.3 is 24.2 Å². The molecule has 0 fully saturated rings. The summed E-state index contributed by atoms with van der Waals surface area (Å²) in [4.78, 5) is 13.5. The highest BCUT2D eigenvalue weighted by atomic mass is 16.5. The number of carboxylic acid groups (broad SMARTS) is 1. The molecule has 0 saturated heterocycles. The summed E-state index contributed by atoms with van der Waals surface area (Å²) in [6.45, 7) is 4.88. The molecule has 1 unspecified atom stereocenters. The van der Waals surface area contributed by atoms with Crippen molar-refractivity contribution in [2.24, 2.45) is 0 Å². The molecule has 0 aromatic heterocycles. The Kier molecular flexibility index (Phi) is 6.72. The molecule has 1 heterocycles. The average Bonchev–Trinajstić information content (AvgIpc) is 2.82. The molecule has 0 aliphatic carbocycles. The molecule has 4 rings (SSSR count). The number of ether oxygens (including phenoxy) is 3. The number of fused-ring (bicyclic) bond motifs is 2. The van der Waals surface area contributed by atoms with E-state index in [4.69, 9.17) is 14.2 Å². The van der Waals surface area contributed by atoms with Crippen molar-refractivity contribution < 1.29 is 24.1 Å². The van der Waals surface area contributed by atoms with Crippen LogP contribution in [0.25, 0.3) is 0 Å². The van der Waals surface area contributed by atoms with Gasteiger partial charge in [0.2, 0.25) is 0 Å². The molecule has 1 N–H and O–H groups in total. The second-order valence-electron chi connectivity index (χ2n) is 7.33. The predicted molar refractivity (Wildman–Crippen MR) is 123 cm³/mol. The maximum Gasteiger partial charge on any atom is 0.333 e. The molecule has 32 heavy (non-hydrogen) atoms. The SMILES string of the molecule is C=CCOC(Cc1ccc(OCCN2c3ccccc3Oc3ccccc32)cc1)C(=O)O. The summed E-state index contributed by atoms with van der Waals surface area (Å²) >= 11 is 0. The minimum atomic E-state index is -0.988. The highest BCUT2D eigenvalue weighted by Gasteiger charge is 2.23. The minimum absolute atomic E-state index is 0.200. The van der Waals surface area contributed by atoms with E-state index >= 15 is 0 Å². The molecule has 3 aromatic carbocycles. The van der Waals surface area contributed by atoms with Crippen molar-refractivity contribution in [1.82, 2.24) is 0 Å². The lowest BCUT2D eigenvalue weighted by atomic mass is 10.1. The molecule has 164 valence electrons. The zero-order chi connectivity index (χ0) is 22.3. The number of nitrogens with zero attached hydrogens (tertiary/aromatic N) is 1. The van der Waals surface area contributed by atoms with Crippen molar-refractivity contribution in [3.8, 4) is 17.2 Å². The fourth-order valence-electron chi connectivity index (χ4n) is 3.61. The van der Waals surface area contributed by atoms with Crippen LogP contribution in [0.5, 0.6) is 17.2 Å². The number of hydrogen-bond donors (Lipinski definition) is 1. The number of para-hydroxylation sites is 4. The Morgan fingerprint density at radius 1 is 1.00 bits per heavy atom. The van der Waals surface area contributed by atoms with Crippen LogP contribution in [0, 0.1) is 0 Å². The first kappa shape index (κ1) is 21.5. The van der Waals surface area contributed by atoms with E-state index in [9.17, 15) is 9.90 Å². The molecule has 1 aliphatic rings.